The third-order valence-corrected chi connectivity index (χ3v) is 11.0. The van der Waals surface area contributed by atoms with Crippen LogP contribution in [0.25, 0.3) is 0 Å². The minimum absolute atomic E-state index is 0.301. The maximum atomic E-state index is 13.0. The lowest BCUT2D eigenvalue weighted by Crippen LogP contribution is -2.60. The molecule has 320 valence electrons. The first kappa shape index (κ1) is 50.9. The minimum atomic E-state index is -1.61. The maximum absolute atomic E-state index is 13.0. The SMILES string of the molecule is CCCCCCCCCCCCCCCC/C=C/C(O)C(COC1OC(CO)C(O)C(O)C1O)NC(=O)C(O)CCCCCCCCCCCCCCC. The van der Waals surface area contributed by atoms with Crippen molar-refractivity contribution in [1.82, 2.24) is 5.32 Å². The van der Waals surface area contributed by atoms with Gasteiger partial charge in [0.2, 0.25) is 5.91 Å². The Morgan fingerprint density at radius 2 is 1.06 bits per heavy atom. The largest absolute Gasteiger partial charge is 0.394 e. The number of allylic oxidation sites excluding steroid dienone is 1. The number of carbonyl (C=O) groups excluding carboxylic acids is 1. The number of aliphatic hydroxyl groups is 6. The molecule has 0 aromatic rings. The molecule has 0 aromatic carbocycles. The maximum Gasteiger partial charge on any atom is 0.249 e. The first-order valence-electron chi connectivity index (χ1n) is 22.5. The van der Waals surface area contributed by atoms with Crippen LogP contribution >= 0.6 is 0 Å². The van der Waals surface area contributed by atoms with Crippen molar-refractivity contribution in [3.05, 3.63) is 12.2 Å². The van der Waals surface area contributed by atoms with Crippen LogP contribution in [0.2, 0.25) is 0 Å². The Labute approximate surface area is 329 Å². The molecule has 1 aliphatic heterocycles. The highest BCUT2D eigenvalue weighted by Gasteiger charge is 2.44. The molecule has 7 N–H and O–H groups in total. The van der Waals surface area contributed by atoms with E-state index in [4.69, 9.17) is 9.47 Å². The number of unbranched alkanes of at least 4 members (excludes halogenated alkanes) is 26. The molecule has 0 aliphatic carbocycles. The predicted molar refractivity (Wildman–Crippen MR) is 218 cm³/mol. The van der Waals surface area contributed by atoms with E-state index in [0.717, 1.165) is 44.9 Å². The molecule has 54 heavy (non-hydrogen) atoms. The quantitative estimate of drug-likeness (QED) is 0.0245. The van der Waals surface area contributed by atoms with Crippen LogP contribution in [-0.2, 0) is 14.3 Å². The first-order chi connectivity index (χ1) is 26.3. The van der Waals surface area contributed by atoms with Gasteiger partial charge < -0.3 is 45.4 Å². The highest BCUT2D eigenvalue weighted by molar-refractivity contribution is 5.80. The number of ether oxygens (including phenoxy) is 2. The minimum Gasteiger partial charge on any atom is -0.394 e. The smallest absolute Gasteiger partial charge is 0.249 e. The lowest BCUT2D eigenvalue weighted by atomic mass is 9.99. The normalized spacial score (nSPS) is 22.1. The third kappa shape index (κ3) is 25.2. The lowest BCUT2D eigenvalue weighted by Gasteiger charge is -2.40. The second kappa shape index (κ2) is 35.1. The Morgan fingerprint density at radius 3 is 1.50 bits per heavy atom. The fraction of sp³-hybridized carbons (Fsp3) is 0.932. The van der Waals surface area contributed by atoms with Gasteiger partial charge in [0.05, 0.1) is 25.4 Å². The Kier molecular flexibility index (Phi) is 33.1. The van der Waals surface area contributed by atoms with E-state index in [1.165, 1.54) is 135 Å². The molecule has 0 saturated carbocycles. The predicted octanol–water partition coefficient (Wildman–Crippen LogP) is 7.92. The molecular weight excluding hydrogens is 686 g/mol. The molecule has 0 aromatic heterocycles. The van der Waals surface area contributed by atoms with Crippen molar-refractivity contribution in [2.45, 2.75) is 249 Å². The van der Waals surface area contributed by atoms with Crippen molar-refractivity contribution in [2.75, 3.05) is 13.2 Å². The van der Waals surface area contributed by atoms with Gasteiger partial charge in [-0.3, -0.25) is 4.79 Å². The average Bonchev–Trinajstić information content (AvgIpc) is 3.17. The number of carbonyl (C=O) groups is 1. The molecule has 0 spiro atoms. The van der Waals surface area contributed by atoms with Crippen LogP contribution in [0.3, 0.4) is 0 Å². The number of rotatable bonds is 37. The summed E-state index contributed by atoms with van der Waals surface area (Å²) in [6.45, 7) is 3.60. The van der Waals surface area contributed by atoms with Gasteiger partial charge >= 0.3 is 0 Å². The van der Waals surface area contributed by atoms with E-state index in [9.17, 15) is 35.4 Å². The molecule has 1 fully saturated rings. The number of aliphatic hydroxyl groups excluding tert-OH is 6. The molecule has 0 radical (unpaired) electrons. The fourth-order valence-corrected chi connectivity index (χ4v) is 7.22. The van der Waals surface area contributed by atoms with Crippen molar-refractivity contribution in [2.24, 2.45) is 0 Å². The Morgan fingerprint density at radius 1 is 0.630 bits per heavy atom. The average molecular weight is 772 g/mol. The van der Waals surface area contributed by atoms with Gasteiger partial charge in [-0.2, -0.15) is 0 Å². The number of amides is 1. The summed E-state index contributed by atoms with van der Waals surface area (Å²) in [6, 6.07) is -0.973. The van der Waals surface area contributed by atoms with E-state index in [0.29, 0.717) is 6.42 Å². The lowest BCUT2D eigenvalue weighted by molar-refractivity contribution is -0.302. The van der Waals surface area contributed by atoms with E-state index >= 15 is 0 Å². The van der Waals surface area contributed by atoms with Gasteiger partial charge in [0.25, 0.3) is 0 Å². The van der Waals surface area contributed by atoms with Gasteiger partial charge in [-0.15, -0.1) is 0 Å². The fourth-order valence-electron chi connectivity index (χ4n) is 7.22. The topological polar surface area (TPSA) is 169 Å². The van der Waals surface area contributed by atoms with Crippen LogP contribution in [0.1, 0.15) is 200 Å². The second-order valence-corrected chi connectivity index (χ2v) is 16.0. The molecule has 0 bridgehead atoms. The van der Waals surface area contributed by atoms with E-state index in [-0.39, 0.29) is 6.61 Å². The summed E-state index contributed by atoms with van der Waals surface area (Å²) in [5, 5.41) is 64.6. The molecule has 1 aliphatic rings. The number of hydrogen-bond acceptors (Lipinski definition) is 9. The summed E-state index contributed by atoms with van der Waals surface area (Å²) in [6.07, 6.45) is 28.6. The summed E-state index contributed by atoms with van der Waals surface area (Å²) < 4.78 is 11.1. The molecule has 10 nitrogen and oxygen atoms in total. The molecular formula is C44H85NO9. The molecule has 1 amide bonds. The second-order valence-electron chi connectivity index (χ2n) is 16.0. The van der Waals surface area contributed by atoms with Gasteiger partial charge in [-0.25, -0.2) is 0 Å². The molecule has 10 heteroatoms. The van der Waals surface area contributed by atoms with E-state index in [1.54, 1.807) is 6.08 Å². The highest BCUT2D eigenvalue weighted by Crippen LogP contribution is 2.23. The summed E-state index contributed by atoms with van der Waals surface area (Å²) in [5.41, 5.74) is 0. The van der Waals surface area contributed by atoms with Crippen LogP contribution in [0.5, 0.6) is 0 Å². The molecule has 8 atom stereocenters. The molecule has 1 rings (SSSR count). The van der Waals surface area contributed by atoms with E-state index in [1.807, 2.05) is 6.08 Å². The Hall–Kier alpha value is -1.11. The van der Waals surface area contributed by atoms with Crippen molar-refractivity contribution >= 4 is 5.91 Å². The van der Waals surface area contributed by atoms with Gasteiger partial charge in [0.1, 0.15) is 30.5 Å². The Balaban J connectivity index is 2.44. The van der Waals surface area contributed by atoms with Crippen molar-refractivity contribution in [3.63, 3.8) is 0 Å². The van der Waals surface area contributed by atoms with Crippen molar-refractivity contribution < 1.29 is 44.9 Å². The monoisotopic (exact) mass is 772 g/mol. The summed E-state index contributed by atoms with van der Waals surface area (Å²) in [7, 11) is 0. The zero-order chi connectivity index (χ0) is 39.7. The van der Waals surface area contributed by atoms with Gasteiger partial charge in [0, 0.05) is 0 Å². The standard InChI is InChI=1S/C44H85NO9/c1-3-5-7-9-11-13-15-17-18-19-21-22-24-26-28-30-32-37(47)36(35-53-44-42(51)41(50)40(49)39(34-46)54-44)45-43(52)38(48)33-31-29-27-25-23-20-16-14-12-10-8-6-4-2/h30,32,36-42,44,46-51H,3-29,31,33-35H2,1-2H3,(H,45,52)/b32-30+. The van der Waals surface area contributed by atoms with Crippen LogP contribution < -0.4 is 5.32 Å². The van der Waals surface area contributed by atoms with Crippen LogP contribution in [0.15, 0.2) is 12.2 Å². The van der Waals surface area contributed by atoms with Gasteiger partial charge in [0.15, 0.2) is 6.29 Å². The summed E-state index contributed by atoms with van der Waals surface area (Å²) in [4.78, 5) is 13.0. The molecule has 1 saturated heterocycles. The van der Waals surface area contributed by atoms with Gasteiger partial charge in [-0.1, -0.05) is 193 Å². The number of hydrogen-bond donors (Lipinski definition) is 7. The zero-order valence-corrected chi connectivity index (χ0v) is 34.6. The summed E-state index contributed by atoms with van der Waals surface area (Å²) in [5.74, 6) is -0.615. The molecule has 1 heterocycles. The van der Waals surface area contributed by atoms with Crippen LogP contribution in [-0.4, -0.2) is 98.7 Å². The van der Waals surface area contributed by atoms with Crippen molar-refractivity contribution in [3.8, 4) is 0 Å². The summed E-state index contributed by atoms with van der Waals surface area (Å²) >= 11 is 0. The van der Waals surface area contributed by atoms with Crippen LogP contribution in [0, 0.1) is 0 Å². The molecule has 8 unspecified atom stereocenters. The number of nitrogens with one attached hydrogen (secondary N) is 1. The van der Waals surface area contributed by atoms with Gasteiger partial charge in [-0.05, 0) is 19.3 Å². The zero-order valence-electron chi connectivity index (χ0n) is 34.6. The highest BCUT2D eigenvalue weighted by atomic mass is 16.7. The van der Waals surface area contributed by atoms with Crippen LogP contribution in [0.4, 0.5) is 0 Å². The first-order valence-corrected chi connectivity index (χ1v) is 22.5. The van der Waals surface area contributed by atoms with E-state index < -0.39 is 61.5 Å². The van der Waals surface area contributed by atoms with Crippen molar-refractivity contribution in [1.29, 1.82) is 0 Å². The van der Waals surface area contributed by atoms with E-state index in [2.05, 4.69) is 19.2 Å². The Bertz CT molecular complexity index is 875. The third-order valence-electron chi connectivity index (χ3n) is 11.0.